The van der Waals surface area contributed by atoms with Crippen molar-refractivity contribution in [2.45, 2.75) is 30.1 Å². The predicted octanol–water partition coefficient (Wildman–Crippen LogP) is 3.43. The fourth-order valence-electron chi connectivity index (χ4n) is 2.37. The number of rotatable bonds is 8. The molecule has 0 aliphatic rings. The van der Waals surface area contributed by atoms with Gasteiger partial charge in [-0.05, 0) is 25.5 Å². The SMILES string of the molecule is CCNC(CO)(CCSc1nc(C)cs1)c1ccccc1. The number of nitrogens with one attached hydrogen (secondary N) is 1. The molecular formula is C16H22N2OS2. The number of thiazole rings is 1. The van der Waals surface area contributed by atoms with Gasteiger partial charge in [-0.25, -0.2) is 4.98 Å². The van der Waals surface area contributed by atoms with E-state index in [0.29, 0.717) is 0 Å². The van der Waals surface area contributed by atoms with Crippen molar-refractivity contribution >= 4 is 23.1 Å². The maximum absolute atomic E-state index is 9.98. The Morgan fingerprint density at radius 3 is 2.67 bits per heavy atom. The molecule has 1 aromatic heterocycles. The highest BCUT2D eigenvalue weighted by Crippen LogP contribution is 2.30. The molecule has 0 fully saturated rings. The third-order valence-electron chi connectivity index (χ3n) is 3.46. The molecule has 2 N–H and O–H groups in total. The van der Waals surface area contributed by atoms with Crippen LogP contribution < -0.4 is 5.32 Å². The van der Waals surface area contributed by atoms with Crippen LogP contribution >= 0.6 is 23.1 Å². The van der Waals surface area contributed by atoms with Gasteiger partial charge in [0.1, 0.15) is 4.34 Å². The maximum Gasteiger partial charge on any atom is 0.150 e. The highest BCUT2D eigenvalue weighted by molar-refractivity contribution is 8.01. The van der Waals surface area contributed by atoms with Gasteiger partial charge in [0.2, 0.25) is 0 Å². The lowest BCUT2D eigenvalue weighted by atomic mass is 9.88. The molecule has 1 atom stereocenters. The van der Waals surface area contributed by atoms with Crippen LogP contribution in [0.2, 0.25) is 0 Å². The van der Waals surface area contributed by atoms with Gasteiger partial charge in [-0.2, -0.15) is 0 Å². The van der Waals surface area contributed by atoms with Crippen LogP contribution in [0.5, 0.6) is 0 Å². The van der Waals surface area contributed by atoms with Gasteiger partial charge in [-0.15, -0.1) is 11.3 Å². The quantitative estimate of drug-likeness (QED) is 0.731. The van der Waals surface area contributed by atoms with Crippen molar-refractivity contribution in [3.05, 3.63) is 47.0 Å². The Morgan fingerprint density at radius 1 is 1.33 bits per heavy atom. The van der Waals surface area contributed by atoms with Crippen LogP contribution in [-0.4, -0.2) is 29.0 Å². The summed E-state index contributed by atoms with van der Waals surface area (Å²) < 4.78 is 1.10. The highest BCUT2D eigenvalue weighted by atomic mass is 32.2. The molecule has 0 bridgehead atoms. The van der Waals surface area contributed by atoms with Crippen molar-refractivity contribution in [3.8, 4) is 0 Å². The number of nitrogens with zero attached hydrogens (tertiary/aromatic N) is 1. The smallest absolute Gasteiger partial charge is 0.150 e. The first-order valence-electron chi connectivity index (χ1n) is 7.16. The van der Waals surface area contributed by atoms with Crippen molar-refractivity contribution < 1.29 is 5.11 Å². The number of hydrogen-bond donors (Lipinski definition) is 2. The molecule has 2 aromatic rings. The van der Waals surface area contributed by atoms with E-state index >= 15 is 0 Å². The lowest BCUT2D eigenvalue weighted by molar-refractivity contribution is 0.158. The second-order valence-electron chi connectivity index (χ2n) is 4.99. The highest BCUT2D eigenvalue weighted by Gasteiger charge is 2.30. The summed E-state index contributed by atoms with van der Waals surface area (Å²) in [6, 6.07) is 10.2. The van der Waals surface area contributed by atoms with Crippen LogP contribution in [0.3, 0.4) is 0 Å². The number of thioether (sulfide) groups is 1. The molecule has 1 heterocycles. The molecule has 0 spiro atoms. The lowest BCUT2D eigenvalue weighted by Gasteiger charge is -2.33. The van der Waals surface area contributed by atoms with Gasteiger partial charge in [-0.1, -0.05) is 49.0 Å². The van der Waals surface area contributed by atoms with Crippen LogP contribution in [-0.2, 0) is 5.54 Å². The molecule has 21 heavy (non-hydrogen) atoms. The lowest BCUT2D eigenvalue weighted by Crippen LogP contribution is -2.46. The Bertz CT molecular complexity index is 544. The summed E-state index contributed by atoms with van der Waals surface area (Å²) in [5.74, 6) is 0.926. The van der Waals surface area contributed by atoms with E-state index in [1.165, 1.54) is 0 Å². The van der Waals surface area contributed by atoms with Crippen molar-refractivity contribution in [2.75, 3.05) is 18.9 Å². The van der Waals surface area contributed by atoms with Crippen LogP contribution in [0.1, 0.15) is 24.6 Å². The van der Waals surface area contributed by atoms with Crippen LogP contribution in [0, 0.1) is 6.92 Å². The second-order valence-corrected chi connectivity index (χ2v) is 7.19. The van der Waals surface area contributed by atoms with E-state index in [9.17, 15) is 5.11 Å². The van der Waals surface area contributed by atoms with Gasteiger partial charge in [0.05, 0.1) is 12.1 Å². The Balaban J connectivity index is 2.05. The molecule has 1 aromatic carbocycles. The number of likely N-dealkylation sites (N-methyl/N-ethyl adjacent to an activating group) is 1. The molecule has 0 aliphatic carbocycles. The van der Waals surface area contributed by atoms with Crippen LogP contribution in [0.4, 0.5) is 0 Å². The molecule has 0 saturated heterocycles. The van der Waals surface area contributed by atoms with Crippen LogP contribution in [0.15, 0.2) is 40.1 Å². The number of benzene rings is 1. The Kier molecular flexibility index (Phi) is 6.23. The van der Waals surface area contributed by atoms with Crippen molar-refractivity contribution in [3.63, 3.8) is 0 Å². The summed E-state index contributed by atoms with van der Waals surface area (Å²) in [5, 5.41) is 15.5. The van der Waals surface area contributed by atoms with Gasteiger partial charge in [-0.3, -0.25) is 0 Å². The molecule has 3 nitrogen and oxygen atoms in total. The zero-order valence-electron chi connectivity index (χ0n) is 12.5. The molecule has 2 rings (SSSR count). The van der Waals surface area contributed by atoms with Crippen molar-refractivity contribution in [2.24, 2.45) is 0 Å². The Hall–Kier alpha value is -0.880. The summed E-state index contributed by atoms with van der Waals surface area (Å²) in [5.41, 5.74) is 1.85. The third-order valence-corrected chi connectivity index (χ3v) is 5.60. The molecule has 0 saturated carbocycles. The zero-order chi connectivity index (χ0) is 15.1. The fraction of sp³-hybridized carbons (Fsp3) is 0.438. The molecule has 0 radical (unpaired) electrons. The molecular weight excluding hydrogens is 300 g/mol. The van der Waals surface area contributed by atoms with E-state index in [4.69, 9.17) is 0 Å². The second kappa shape index (κ2) is 7.94. The minimum atomic E-state index is -0.366. The van der Waals surface area contributed by atoms with E-state index in [0.717, 1.165) is 34.3 Å². The summed E-state index contributed by atoms with van der Waals surface area (Å²) in [7, 11) is 0. The average Bonchev–Trinajstić information content (AvgIpc) is 2.93. The van der Waals surface area contributed by atoms with E-state index in [1.807, 2.05) is 25.1 Å². The Labute approximate surface area is 134 Å². The third kappa shape index (κ3) is 4.30. The van der Waals surface area contributed by atoms with Gasteiger partial charge in [0.25, 0.3) is 0 Å². The first kappa shape index (κ1) is 16.5. The van der Waals surface area contributed by atoms with Gasteiger partial charge in [0.15, 0.2) is 0 Å². The number of aromatic nitrogens is 1. The number of hydrogen-bond acceptors (Lipinski definition) is 5. The molecule has 1 unspecified atom stereocenters. The first-order valence-corrected chi connectivity index (χ1v) is 9.03. The maximum atomic E-state index is 9.98. The minimum Gasteiger partial charge on any atom is -0.394 e. The monoisotopic (exact) mass is 322 g/mol. The Morgan fingerprint density at radius 2 is 2.10 bits per heavy atom. The zero-order valence-corrected chi connectivity index (χ0v) is 14.1. The fourth-order valence-corrected chi connectivity index (χ4v) is 4.39. The van der Waals surface area contributed by atoms with Crippen molar-refractivity contribution in [1.29, 1.82) is 0 Å². The molecule has 5 heteroatoms. The van der Waals surface area contributed by atoms with Gasteiger partial charge < -0.3 is 10.4 Å². The summed E-state index contributed by atoms with van der Waals surface area (Å²) in [6.07, 6.45) is 0.866. The molecule has 0 amide bonds. The summed E-state index contributed by atoms with van der Waals surface area (Å²) in [4.78, 5) is 4.47. The molecule has 0 aliphatic heterocycles. The standard InChI is InChI=1S/C16H22N2OS2/c1-3-17-16(12-19,14-7-5-4-6-8-14)9-10-20-15-18-13(2)11-21-15/h4-8,11,17,19H,3,9-10,12H2,1-2H3. The topological polar surface area (TPSA) is 45.1 Å². The van der Waals surface area contributed by atoms with Gasteiger partial charge in [0, 0.05) is 16.8 Å². The molecule has 114 valence electrons. The van der Waals surface area contributed by atoms with Crippen LogP contribution in [0.25, 0.3) is 0 Å². The summed E-state index contributed by atoms with van der Waals surface area (Å²) in [6.45, 7) is 5.02. The van der Waals surface area contributed by atoms with E-state index in [2.05, 4.69) is 34.7 Å². The van der Waals surface area contributed by atoms with E-state index in [1.54, 1.807) is 23.1 Å². The average molecular weight is 322 g/mol. The van der Waals surface area contributed by atoms with Gasteiger partial charge >= 0.3 is 0 Å². The summed E-state index contributed by atoms with van der Waals surface area (Å²) >= 11 is 3.45. The predicted molar refractivity (Wildman–Crippen MR) is 91.1 cm³/mol. The van der Waals surface area contributed by atoms with E-state index < -0.39 is 0 Å². The normalized spacial score (nSPS) is 14.0. The first-order chi connectivity index (χ1) is 10.2. The van der Waals surface area contributed by atoms with Crippen molar-refractivity contribution in [1.82, 2.24) is 10.3 Å². The number of aliphatic hydroxyl groups is 1. The minimum absolute atomic E-state index is 0.0995. The van der Waals surface area contributed by atoms with E-state index in [-0.39, 0.29) is 12.1 Å². The largest absolute Gasteiger partial charge is 0.394 e. The number of aliphatic hydroxyl groups excluding tert-OH is 1. The number of aryl methyl sites for hydroxylation is 1.